The predicted molar refractivity (Wildman–Crippen MR) is 81.7 cm³/mol. The molecule has 21 heavy (non-hydrogen) atoms. The molecule has 0 saturated carbocycles. The summed E-state index contributed by atoms with van der Waals surface area (Å²) in [5.41, 5.74) is 2.36. The van der Waals surface area contributed by atoms with Gasteiger partial charge in [-0.2, -0.15) is 0 Å². The van der Waals surface area contributed by atoms with E-state index in [1.54, 1.807) is 12.4 Å². The number of likely N-dealkylation sites (tertiary alicyclic amines) is 1. The highest BCUT2D eigenvalue weighted by atomic mass is 16.1. The summed E-state index contributed by atoms with van der Waals surface area (Å²) in [6.07, 6.45) is 4.34. The molecule has 108 valence electrons. The first kappa shape index (κ1) is 13.7. The third kappa shape index (κ3) is 3.25. The van der Waals surface area contributed by atoms with Crippen LogP contribution in [0.3, 0.4) is 0 Å². The smallest absolute Gasteiger partial charge is 0.228 e. The second kappa shape index (κ2) is 6.01. The van der Waals surface area contributed by atoms with Gasteiger partial charge in [0.2, 0.25) is 5.91 Å². The third-order valence-corrected chi connectivity index (χ3v) is 3.72. The number of hydrogen-bond acceptors (Lipinski definition) is 4. The zero-order chi connectivity index (χ0) is 14.7. The van der Waals surface area contributed by atoms with Crippen molar-refractivity contribution in [1.29, 1.82) is 0 Å². The number of anilines is 1. The Bertz CT molecular complexity index is 612. The highest BCUT2D eigenvalue weighted by molar-refractivity contribution is 5.92. The van der Waals surface area contributed by atoms with E-state index in [-0.39, 0.29) is 11.8 Å². The van der Waals surface area contributed by atoms with Crippen molar-refractivity contribution in [1.82, 2.24) is 14.9 Å². The van der Waals surface area contributed by atoms with Crippen molar-refractivity contribution in [3.05, 3.63) is 42.7 Å². The van der Waals surface area contributed by atoms with Gasteiger partial charge in [0.1, 0.15) is 0 Å². The molecule has 1 atom stereocenters. The summed E-state index contributed by atoms with van der Waals surface area (Å²) in [6.45, 7) is 1.81. The van der Waals surface area contributed by atoms with Crippen LogP contribution in [0.2, 0.25) is 0 Å². The maximum atomic E-state index is 12.1. The average molecular weight is 282 g/mol. The van der Waals surface area contributed by atoms with Gasteiger partial charge in [0.15, 0.2) is 0 Å². The molecule has 2 aromatic heterocycles. The van der Waals surface area contributed by atoms with Gasteiger partial charge in [0.05, 0.1) is 29.2 Å². The molecule has 1 saturated heterocycles. The number of carbonyl (C=O) groups excluding carboxylic acids is 1. The highest BCUT2D eigenvalue weighted by Crippen LogP contribution is 2.19. The molecule has 0 radical (unpaired) electrons. The topological polar surface area (TPSA) is 58.1 Å². The summed E-state index contributed by atoms with van der Waals surface area (Å²) < 4.78 is 0. The lowest BCUT2D eigenvalue weighted by Gasteiger charge is -2.11. The molecule has 1 aliphatic heterocycles. The number of aromatic nitrogens is 2. The van der Waals surface area contributed by atoms with Crippen molar-refractivity contribution in [3.8, 4) is 11.4 Å². The second-order valence-corrected chi connectivity index (χ2v) is 5.38. The Kier molecular flexibility index (Phi) is 3.92. The van der Waals surface area contributed by atoms with Gasteiger partial charge < -0.3 is 10.2 Å². The fourth-order valence-corrected chi connectivity index (χ4v) is 2.53. The fraction of sp³-hybridized carbons (Fsp3) is 0.312. The number of nitrogens with one attached hydrogen (secondary N) is 1. The van der Waals surface area contributed by atoms with Crippen molar-refractivity contribution in [2.45, 2.75) is 6.42 Å². The Balaban J connectivity index is 1.66. The summed E-state index contributed by atoms with van der Waals surface area (Å²) in [4.78, 5) is 22.9. The first-order valence-corrected chi connectivity index (χ1v) is 7.09. The van der Waals surface area contributed by atoms with E-state index in [0.29, 0.717) is 0 Å². The average Bonchev–Trinajstić information content (AvgIpc) is 2.96. The number of rotatable bonds is 3. The van der Waals surface area contributed by atoms with Crippen molar-refractivity contribution in [3.63, 3.8) is 0 Å². The summed E-state index contributed by atoms with van der Waals surface area (Å²) in [7, 11) is 2.04. The summed E-state index contributed by atoms with van der Waals surface area (Å²) >= 11 is 0. The molecule has 2 aromatic rings. The van der Waals surface area contributed by atoms with E-state index in [4.69, 9.17) is 0 Å². The van der Waals surface area contributed by atoms with Crippen LogP contribution in [0.5, 0.6) is 0 Å². The van der Waals surface area contributed by atoms with Gasteiger partial charge in [-0.3, -0.25) is 14.8 Å². The molecule has 1 unspecified atom stereocenters. The van der Waals surface area contributed by atoms with E-state index in [9.17, 15) is 4.79 Å². The fourth-order valence-electron chi connectivity index (χ4n) is 2.53. The number of carbonyl (C=O) groups is 1. The molecule has 0 bridgehead atoms. The summed E-state index contributed by atoms with van der Waals surface area (Å²) in [5, 5.41) is 2.93. The number of amides is 1. The largest absolute Gasteiger partial charge is 0.324 e. The minimum atomic E-state index is 0.0745. The quantitative estimate of drug-likeness (QED) is 0.936. The van der Waals surface area contributed by atoms with E-state index in [1.807, 2.05) is 37.4 Å². The molecule has 3 rings (SSSR count). The van der Waals surface area contributed by atoms with Crippen LogP contribution >= 0.6 is 0 Å². The summed E-state index contributed by atoms with van der Waals surface area (Å²) in [5.74, 6) is 0.150. The van der Waals surface area contributed by atoms with Gasteiger partial charge in [-0.25, -0.2) is 0 Å². The van der Waals surface area contributed by atoms with Gasteiger partial charge in [0, 0.05) is 12.7 Å². The van der Waals surface area contributed by atoms with Crippen LogP contribution in [0.1, 0.15) is 6.42 Å². The minimum Gasteiger partial charge on any atom is -0.324 e. The molecule has 1 fully saturated rings. The van der Waals surface area contributed by atoms with Gasteiger partial charge in [-0.1, -0.05) is 6.07 Å². The van der Waals surface area contributed by atoms with E-state index >= 15 is 0 Å². The Morgan fingerprint density at radius 2 is 2.10 bits per heavy atom. The number of pyridine rings is 2. The molecule has 3 heterocycles. The van der Waals surface area contributed by atoms with Gasteiger partial charge >= 0.3 is 0 Å². The Labute approximate surface area is 124 Å². The molecule has 5 heteroatoms. The van der Waals surface area contributed by atoms with Crippen LogP contribution in [0.25, 0.3) is 11.4 Å². The Morgan fingerprint density at radius 1 is 1.24 bits per heavy atom. The van der Waals surface area contributed by atoms with Gasteiger partial charge in [-0.15, -0.1) is 0 Å². The maximum absolute atomic E-state index is 12.1. The molecule has 1 amide bonds. The molecular weight excluding hydrogens is 264 g/mol. The first-order valence-electron chi connectivity index (χ1n) is 7.09. The SMILES string of the molecule is CN1CCC(C(=O)Nc2ccc(-c3ccccn3)nc2)C1. The minimum absolute atomic E-state index is 0.0745. The monoisotopic (exact) mass is 282 g/mol. The predicted octanol–water partition coefficient (Wildman–Crippen LogP) is 2.03. The normalized spacial score (nSPS) is 18.6. The molecule has 0 aliphatic carbocycles. The lowest BCUT2D eigenvalue weighted by atomic mass is 10.1. The van der Waals surface area contributed by atoms with Crippen LogP contribution in [-0.4, -0.2) is 40.9 Å². The van der Waals surface area contributed by atoms with Crippen LogP contribution in [0.15, 0.2) is 42.7 Å². The second-order valence-electron chi connectivity index (χ2n) is 5.38. The Morgan fingerprint density at radius 3 is 2.71 bits per heavy atom. The first-order chi connectivity index (χ1) is 10.2. The lowest BCUT2D eigenvalue weighted by Crippen LogP contribution is -2.25. The van der Waals surface area contributed by atoms with Crippen LogP contribution < -0.4 is 5.32 Å². The van der Waals surface area contributed by atoms with Crippen molar-refractivity contribution in [2.75, 3.05) is 25.5 Å². The Hall–Kier alpha value is -2.27. The number of nitrogens with zero attached hydrogens (tertiary/aromatic N) is 3. The maximum Gasteiger partial charge on any atom is 0.228 e. The van der Waals surface area contributed by atoms with Crippen LogP contribution in [-0.2, 0) is 4.79 Å². The van der Waals surface area contributed by atoms with Crippen molar-refractivity contribution < 1.29 is 4.79 Å². The third-order valence-electron chi connectivity index (χ3n) is 3.72. The molecule has 5 nitrogen and oxygen atoms in total. The van der Waals surface area contributed by atoms with E-state index in [1.165, 1.54) is 0 Å². The van der Waals surface area contributed by atoms with Gasteiger partial charge in [0.25, 0.3) is 0 Å². The number of hydrogen-bond donors (Lipinski definition) is 1. The van der Waals surface area contributed by atoms with E-state index < -0.39 is 0 Å². The van der Waals surface area contributed by atoms with Crippen molar-refractivity contribution in [2.24, 2.45) is 5.92 Å². The molecular formula is C16H18N4O. The van der Waals surface area contributed by atoms with E-state index in [2.05, 4.69) is 20.2 Å². The molecule has 1 aliphatic rings. The van der Waals surface area contributed by atoms with Crippen LogP contribution in [0, 0.1) is 5.92 Å². The zero-order valence-electron chi connectivity index (χ0n) is 12.0. The molecule has 0 spiro atoms. The summed E-state index contributed by atoms with van der Waals surface area (Å²) in [6, 6.07) is 9.45. The lowest BCUT2D eigenvalue weighted by molar-refractivity contribution is -0.119. The van der Waals surface area contributed by atoms with Gasteiger partial charge in [-0.05, 0) is 44.3 Å². The highest BCUT2D eigenvalue weighted by Gasteiger charge is 2.26. The molecule has 0 aromatic carbocycles. The van der Waals surface area contributed by atoms with E-state index in [0.717, 1.165) is 36.6 Å². The van der Waals surface area contributed by atoms with Crippen LogP contribution in [0.4, 0.5) is 5.69 Å². The molecule has 1 N–H and O–H groups in total. The van der Waals surface area contributed by atoms with Crippen molar-refractivity contribution >= 4 is 11.6 Å². The standard InChI is InChI=1S/C16H18N4O/c1-20-9-7-12(11-20)16(21)19-13-5-6-15(18-10-13)14-4-2-3-8-17-14/h2-6,8,10,12H,7,9,11H2,1H3,(H,19,21). The zero-order valence-corrected chi connectivity index (χ0v) is 12.0.